The van der Waals surface area contributed by atoms with Crippen molar-refractivity contribution in [3.63, 3.8) is 0 Å². The van der Waals surface area contributed by atoms with E-state index in [0.717, 1.165) is 0 Å². The van der Waals surface area contributed by atoms with Crippen LogP contribution in [0.4, 0.5) is 0 Å². The lowest BCUT2D eigenvalue weighted by molar-refractivity contribution is 0.0616. The fraction of sp³-hybridized carbons (Fsp3) is 0.600. The van der Waals surface area contributed by atoms with E-state index >= 15 is 0 Å². The molecule has 0 aliphatic heterocycles. The molecule has 0 amide bonds. The summed E-state index contributed by atoms with van der Waals surface area (Å²) in [5.74, 6) is 0. The first-order chi connectivity index (χ1) is 6.24. The van der Waals surface area contributed by atoms with Gasteiger partial charge in [-0.05, 0) is 25.5 Å². The number of aryl methyl sites for hydroxylation is 2. The summed E-state index contributed by atoms with van der Waals surface area (Å²) < 4.78 is 10.3. The molecular formula is C10H16O2S. The minimum Gasteiger partial charge on any atom is -0.382 e. The van der Waals surface area contributed by atoms with Crippen LogP contribution in [0.15, 0.2) is 6.07 Å². The highest BCUT2D eigenvalue weighted by molar-refractivity contribution is 7.12. The van der Waals surface area contributed by atoms with Gasteiger partial charge >= 0.3 is 0 Å². The summed E-state index contributed by atoms with van der Waals surface area (Å²) in [6.45, 7) is 6.30. The predicted molar refractivity (Wildman–Crippen MR) is 55.3 cm³/mol. The van der Waals surface area contributed by atoms with Gasteiger partial charge < -0.3 is 9.47 Å². The molecular weight excluding hydrogens is 184 g/mol. The van der Waals surface area contributed by atoms with Crippen LogP contribution in [0.2, 0.25) is 0 Å². The van der Waals surface area contributed by atoms with Crippen LogP contribution >= 0.6 is 11.3 Å². The summed E-state index contributed by atoms with van der Waals surface area (Å²) >= 11 is 1.82. The number of ether oxygens (including phenoxy) is 2. The second-order valence-electron chi connectivity index (χ2n) is 2.98. The Hall–Kier alpha value is -0.380. The van der Waals surface area contributed by atoms with E-state index in [1.54, 1.807) is 7.11 Å². The molecule has 3 heteroatoms. The van der Waals surface area contributed by atoms with E-state index < -0.39 is 0 Å². The van der Waals surface area contributed by atoms with Crippen molar-refractivity contribution < 1.29 is 9.47 Å². The van der Waals surface area contributed by atoms with E-state index in [9.17, 15) is 0 Å². The Kier molecular flexibility index (Phi) is 4.42. The molecule has 0 saturated carbocycles. The number of methoxy groups -OCH3 is 1. The molecule has 0 unspecified atom stereocenters. The third-order valence-corrected chi connectivity index (χ3v) is 2.84. The van der Waals surface area contributed by atoms with Crippen molar-refractivity contribution in [1.29, 1.82) is 0 Å². The summed E-state index contributed by atoms with van der Waals surface area (Å²) in [5.41, 5.74) is 1.30. The van der Waals surface area contributed by atoms with Crippen LogP contribution in [0, 0.1) is 13.8 Å². The summed E-state index contributed by atoms with van der Waals surface area (Å²) in [7, 11) is 1.68. The quantitative estimate of drug-likeness (QED) is 0.680. The second kappa shape index (κ2) is 5.37. The van der Waals surface area contributed by atoms with E-state index in [1.165, 1.54) is 15.3 Å². The Labute approximate surface area is 83.5 Å². The van der Waals surface area contributed by atoms with Gasteiger partial charge in [-0.2, -0.15) is 0 Å². The molecule has 1 aromatic rings. The van der Waals surface area contributed by atoms with Gasteiger partial charge in [0.25, 0.3) is 0 Å². The molecule has 13 heavy (non-hydrogen) atoms. The van der Waals surface area contributed by atoms with Crippen molar-refractivity contribution in [2.24, 2.45) is 0 Å². The van der Waals surface area contributed by atoms with Gasteiger partial charge in [-0.1, -0.05) is 0 Å². The molecule has 1 aromatic heterocycles. The van der Waals surface area contributed by atoms with E-state index in [0.29, 0.717) is 19.8 Å². The van der Waals surface area contributed by atoms with Crippen LogP contribution < -0.4 is 0 Å². The molecule has 0 radical (unpaired) electrons. The summed E-state index contributed by atoms with van der Waals surface area (Å²) in [4.78, 5) is 2.71. The Morgan fingerprint density at radius 1 is 1.31 bits per heavy atom. The Morgan fingerprint density at radius 2 is 2.08 bits per heavy atom. The number of rotatable bonds is 5. The molecule has 0 aliphatic carbocycles. The molecule has 0 aromatic carbocycles. The molecule has 0 bridgehead atoms. The van der Waals surface area contributed by atoms with Crippen molar-refractivity contribution in [3.8, 4) is 0 Å². The maximum absolute atomic E-state index is 5.44. The second-order valence-corrected chi connectivity index (χ2v) is 4.44. The minimum atomic E-state index is 0.669. The monoisotopic (exact) mass is 200 g/mol. The zero-order valence-electron chi connectivity index (χ0n) is 8.42. The maximum atomic E-state index is 5.44. The van der Waals surface area contributed by atoms with Gasteiger partial charge in [0, 0.05) is 16.9 Å². The molecule has 0 atom stereocenters. The van der Waals surface area contributed by atoms with Gasteiger partial charge in [-0.25, -0.2) is 0 Å². The fourth-order valence-electron chi connectivity index (χ4n) is 1.15. The molecule has 0 spiro atoms. The molecule has 1 heterocycles. The van der Waals surface area contributed by atoms with Crippen LogP contribution in [0.1, 0.15) is 15.3 Å². The van der Waals surface area contributed by atoms with E-state index in [-0.39, 0.29) is 0 Å². The largest absolute Gasteiger partial charge is 0.382 e. The minimum absolute atomic E-state index is 0.669. The molecule has 1 rings (SSSR count). The smallest absolute Gasteiger partial charge is 0.0728 e. The topological polar surface area (TPSA) is 18.5 Å². The van der Waals surface area contributed by atoms with Gasteiger partial charge in [0.1, 0.15) is 0 Å². The number of hydrogen-bond donors (Lipinski definition) is 0. The van der Waals surface area contributed by atoms with Crippen LogP contribution in [0.5, 0.6) is 0 Å². The SMILES string of the molecule is COCCOCc1cc(C)sc1C. The van der Waals surface area contributed by atoms with E-state index in [2.05, 4.69) is 19.9 Å². The lowest BCUT2D eigenvalue weighted by atomic mass is 10.3. The molecule has 0 aliphatic rings. The van der Waals surface area contributed by atoms with Crippen LogP contribution in [-0.2, 0) is 16.1 Å². The van der Waals surface area contributed by atoms with Crippen LogP contribution in [0.3, 0.4) is 0 Å². The maximum Gasteiger partial charge on any atom is 0.0728 e. The lowest BCUT2D eigenvalue weighted by Gasteiger charge is -2.02. The highest BCUT2D eigenvalue weighted by Gasteiger charge is 2.01. The normalized spacial score (nSPS) is 10.7. The Balaban J connectivity index is 2.32. The van der Waals surface area contributed by atoms with Gasteiger partial charge in [0.2, 0.25) is 0 Å². The van der Waals surface area contributed by atoms with Crippen molar-refractivity contribution in [2.45, 2.75) is 20.5 Å². The highest BCUT2D eigenvalue weighted by atomic mass is 32.1. The molecule has 0 N–H and O–H groups in total. The van der Waals surface area contributed by atoms with Crippen LogP contribution in [-0.4, -0.2) is 20.3 Å². The Bertz CT molecular complexity index is 255. The predicted octanol–water partition coefficient (Wildman–Crippen LogP) is 2.53. The van der Waals surface area contributed by atoms with E-state index in [1.807, 2.05) is 11.3 Å². The van der Waals surface area contributed by atoms with Gasteiger partial charge in [-0.15, -0.1) is 11.3 Å². The first kappa shape index (κ1) is 10.7. The van der Waals surface area contributed by atoms with Gasteiger partial charge in [0.05, 0.1) is 19.8 Å². The molecule has 74 valence electrons. The first-order valence-electron chi connectivity index (χ1n) is 4.36. The molecule has 0 saturated heterocycles. The lowest BCUT2D eigenvalue weighted by Crippen LogP contribution is -2.01. The van der Waals surface area contributed by atoms with Crippen molar-refractivity contribution in [1.82, 2.24) is 0 Å². The fourth-order valence-corrected chi connectivity index (χ4v) is 2.08. The summed E-state index contributed by atoms with van der Waals surface area (Å²) in [5, 5.41) is 0. The van der Waals surface area contributed by atoms with Crippen LogP contribution in [0.25, 0.3) is 0 Å². The average molecular weight is 200 g/mol. The number of thiophene rings is 1. The van der Waals surface area contributed by atoms with Gasteiger partial charge in [0.15, 0.2) is 0 Å². The first-order valence-corrected chi connectivity index (χ1v) is 5.18. The highest BCUT2D eigenvalue weighted by Crippen LogP contribution is 2.20. The van der Waals surface area contributed by atoms with Crippen molar-refractivity contribution in [2.75, 3.05) is 20.3 Å². The average Bonchev–Trinajstić information content (AvgIpc) is 2.39. The molecule has 0 fully saturated rings. The van der Waals surface area contributed by atoms with Crippen molar-refractivity contribution >= 4 is 11.3 Å². The third kappa shape index (κ3) is 3.46. The Morgan fingerprint density at radius 3 is 2.62 bits per heavy atom. The number of hydrogen-bond acceptors (Lipinski definition) is 3. The van der Waals surface area contributed by atoms with E-state index in [4.69, 9.17) is 9.47 Å². The molecule has 2 nitrogen and oxygen atoms in total. The summed E-state index contributed by atoms with van der Waals surface area (Å²) in [6.07, 6.45) is 0. The summed E-state index contributed by atoms with van der Waals surface area (Å²) in [6, 6.07) is 2.19. The zero-order valence-corrected chi connectivity index (χ0v) is 9.24. The standard InChI is InChI=1S/C10H16O2S/c1-8-6-10(9(2)13-8)7-12-5-4-11-3/h6H,4-5,7H2,1-3H3. The van der Waals surface area contributed by atoms with Crippen molar-refractivity contribution in [3.05, 3.63) is 21.4 Å². The van der Waals surface area contributed by atoms with Gasteiger partial charge in [-0.3, -0.25) is 0 Å². The zero-order chi connectivity index (χ0) is 9.68. The third-order valence-electron chi connectivity index (χ3n) is 1.83.